The van der Waals surface area contributed by atoms with E-state index in [0.29, 0.717) is 17.4 Å². The van der Waals surface area contributed by atoms with Crippen molar-refractivity contribution in [2.75, 3.05) is 13.7 Å². The van der Waals surface area contributed by atoms with E-state index in [4.69, 9.17) is 4.74 Å². The summed E-state index contributed by atoms with van der Waals surface area (Å²) in [7, 11) is 1.58. The first kappa shape index (κ1) is 11.4. The van der Waals surface area contributed by atoms with Crippen LogP contribution in [-0.2, 0) is 0 Å². The Morgan fingerprint density at radius 1 is 1.50 bits per heavy atom. The number of halogens is 1. The molecular weight excluding hydrogens is 205 g/mol. The third kappa shape index (κ3) is 2.53. The van der Waals surface area contributed by atoms with Crippen LogP contribution >= 0.6 is 0 Å². The predicted molar refractivity (Wildman–Crippen MR) is 62.4 cm³/mol. The highest BCUT2D eigenvalue weighted by Crippen LogP contribution is 2.29. The Morgan fingerprint density at radius 2 is 2.25 bits per heavy atom. The lowest BCUT2D eigenvalue weighted by Gasteiger charge is -2.16. The molecule has 2 rings (SSSR count). The van der Waals surface area contributed by atoms with Crippen LogP contribution in [0.1, 0.15) is 31.2 Å². The van der Waals surface area contributed by atoms with Crippen LogP contribution in [0.2, 0.25) is 0 Å². The number of nitrogens with one attached hydrogen (secondary N) is 1. The van der Waals surface area contributed by atoms with E-state index in [0.717, 1.165) is 6.54 Å². The molecule has 1 fully saturated rings. The van der Waals surface area contributed by atoms with Crippen LogP contribution in [0.5, 0.6) is 5.75 Å². The van der Waals surface area contributed by atoms with Crippen LogP contribution in [0.15, 0.2) is 18.2 Å². The third-order valence-corrected chi connectivity index (χ3v) is 3.02. The smallest absolute Gasteiger partial charge is 0.130 e. The van der Waals surface area contributed by atoms with Gasteiger partial charge in [-0.3, -0.25) is 0 Å². The zero-order valence-electron chi connectivity index (χ0n) is 9.79. The van der Waals surface area contributed by atoms with Gasteiger partial charge >= 0.3 is 0 Å². The highest BCUT2D eigenvalue weighted by Gasteiger charge is 2.23. The normalized spacial score (nSPS) is 17.2. The van der Waals surface area contributed by atoms with Crippen LogP contribution < -0.4 is 10.1 Å². The summed E-state index contributed by atoms with van der Waals surface area (Å²) >= 11 is 0. The minimum atomic E-state index is -0.176. The summed E-state index contributed by atoms with van der Waals surface area (Å²) in [6, 6.07) is 5.64. The molecule has 3 heteroatoms. The molecule has 1 atom stereocenters. The second kappa shape index (κ2) is 4.83. The first-order chi connectivity index (χ1) is 7.72. The molecule has 1 aromatic carbocycles. The van der Waals surface area contributed by atoms with E-state index in [9.17, 15) is 4.39 Å². The van der Waals surface area contributed by atoms with E-state index in [1.807, 2.05) is 13.0 Å². The van der Waals surface area contributed by atoms with Gasteiger partial charge in [0.2, 0.25) is 0 Å². The Kier molecular flexibility index (Phi) is 3.44. The van der Waals surface area contributed by atoms with Gasteiger partial charge in [0.05, 0.1) is 7.11 Å². The van der Waals surface area contributed by atoms with Crippen LogP contribution in [0.25, 0.3) is 0 Å². The van der Waals surface area contributed by atoms with Crippen molar-refractivity contribution in [3.63, 3.8) is 0 Å². The van der Waals surface area contributed by atoms with Crippen LogP contribution in [-0.4, -0.2) is 19.7 Å². The Hall–Kier alpha value is -1.09. The molecule has 0 radical (unpaired) electrons. The monoisotopic (exact) mass is 223 g/mol. The highest BCUT2D eigenvalue weighted by atomic mass is 19.1. The lowest BCUT2D eigenvalue weighted by Crippen LogP contribution is -2.22. The summed E-state index contributed by atoms with van der Waals surface area (Å²) in [6.45, 7) is 2.83. The van der Waals surface area contributed by atoms with Crippen molar-refractivity contribution < 1.29 is 9.13 Å². The quantitative estimate of drug-likeness (QED) is 0.828. The molecule has 0 aliphatic heterocycles. The molecule has 0 bridgehead atoms. The summed E-state index contributed by atoms with van der Waals surface area (Å²) in [4.78, 5) is 0. The summed E-state index contributed by atoms with van der Waals surface area (Å²) in [5.74, 6) is 0.603. The average molecular weight is 223 g/mol. The number of ether oxygens (including phenoxy) is 1. The highest BCUT2D eigenvalue weighted by molar-refractivity contribution is 5.37. The second-order valence-corrected chi connectivity index (χ2v) is 4.44. The van der Waals surface area contributed by atoms with Crippen molar-refractivity contribution in [2.24, 2.45) is 0 Å². The third-order valence-electron chi connectivity index (χ3n) is 3.02. The molecule has 1 aliphatic rings. The molecule has 1 N–H and O–H groups in total. The van der Waals surface area contributed by atoms with E-state index < -0.39 is 0 Å². The number of methoxy groups -OCH3 is 1. The van der Waals surface area contributed by atoms with Crippen molar-refractivity contribution in [3.8, 4) is 5.75 Å². The molecule has 16 heavy (non-hydrogen) atoms. The van der Waals surface area contributed by atoms with Gasteiger partial charge in [-0.25, -0.2) is 4.39 Å². The van der Waals surface area contributed by atoms with Gasteiger partial charge in [0.15, 0.2) is 0 Å². The molecular formula is C13H18FNO. The summed E-state index contributed by atoms with van der Waals surface area (Å²) in [5, 5.41) is 3.41. The molecule has 2 nitrogen and oxygen atoms in total. The maximum atomic E-state index is 13.7. The van der Waals surface area contributed by atoms with E-state index in [-0.39, 0.29) is 11.7 Å². The van der Waals surface area contributed by atoms with Crippen molar-refractivity contribution in [1.82, 2.24) is 5.32 Å². The number of hydrogen-bond donors (Lipinski definition) is 1. The van der Waals surface area contributed by atoms with Gasteiger partial charge in [0.1, 0.15) is 11.6 Å². The van der Waals surface area contributed by atoms with Gasteiger partial charge in [-0.05, 0) is 25.0 Å². The second-order valence-electron chi connectivity index (χ2n) is 4.44. The fraction of sp³-hybridized carbons (Fsp3) is 0.538. The first-order valence-electron chi connectivity index (χ1n) is 5.78. The average Bonchev–Trinajstić information content (AvgIpc) is 3.09. The van der Waals surface area contributed by atoms with Gasteiger partial charge < -0.3 is 10.1 Å². The maximum absolute atomic E-state index is 13.7. The molecule has 0 aromatic heterocycles. The molecule has 1 saturated carbocycles. The molecule has 0 amide bonds. The Labute approximate surface area is 95.8 Å². The molecule has 0 spiro atoms. The van der Waals surface area contributed by atoms with Crippen LogP contribution in [0.3, 0.4) is 0 Å². The van der Waals surface area contributed by atoms with Crippen molar-refractivity contribution >= 4 is 0 Å². The zero-order chi connectivity index (χ0) is 11.5. The summed E-state index contributed by atoms with van der Waals surface area (Å²) in [5.41, 5.74) is 0.679. The van der Waals surface area contributed by atoms with Gasteiger partial charge in [-0.1, -0.05) is 13.0 Å². The molecule has 88 valence electrons. The van der Waals surface area contributed by atoms with Gasteiger partial charge in [0, 0.05) is 24.1 Å². The number of hydrogen-bond acceptors (Lipinski definition) is 2. The van der Waals surface area contributed by atoms with E-state index in [2.05, 4.69) is 5.32 Å². The summed E-state index contributed by atoms with van der Waals surface area (Å²) in [6.07, 6.45) is 2.50. The van der Waals surface area contributed by atoms with Crippen LogP contribution in [0, 0.1) is 5.82 Å². The predicted octanol–water partition coefficient (Wildman–Crippen LogP) is 2.69. The SMILES string of the molecule is COc1cccc(F)c1C(C)CNC1CC1. The molecule has 1 aromatic rings. The number of rotatable bonds is 5. The first-order valence-corrected chi connectivity index (χ1v) is 5.78. The topological polar surface area (TPSA) is 21.3 Å². The largest absolute Gasteiger partial charge is 0.496 e. The fourth-order valence-corrected chi connectivity index (χ4v) is 1.91. The van der Waals surface area contributed by atoms with E-state index in [1.165, 1.54) is 18.9 Å². The van der Waals surface area contributed by atoms with E-state index >= 15 is 0 Å². The molecule has 1 unspecified atom stereocenters. The number of benzene rings is 1. The minimum Gasteiger partial charge on any atom is -0.496 e. The van der Waals surface area contributed by atoms with Gasteiger partial charge in [-0.2, -0.15) is 0 Å². The van der Waals surface area contributed by atoms with Gasteiger partial charge in [-0.15, -0.1) is 0 Å². The molecule has 0 heterocycles. The van der Waals surface area contributed by atoms with Crippen molar-refractivity contribution in [1.29, 1.82) is 0 Å². The minimum absolute atomic E-state index is 0.136. The lowest BCUT2D eigenvalue weighted by molar-refractivity contribution is 0.398. The fourth-order valence-electron chi connectivity index (χ4n) is 1.91. The van der Waals surface area contributed by atoms with Crippen molar-refractivity contribution in [3.05, 3.63) is 29.6 Å². The summed E-state index contributed by atoms with van der Waals surface area (Å²) < 4.78 is 18.9. The van der Waals surface area contributed by atoms with E-state index in [1.54, 1.807) is 13.2 Å². The molecule has 1 aliphatic carbocycles. The standard InChI is InChI=1S/C13H18FNO/c1-9(8-15-10-6-7-10)13-11(14)4-3-5-12(13)16-2/h3-5,9-10,15H,6-8H2,1-2H3. The Balaban J connectivity index is 2.09. The van der Waals surface area contributed by atoms with Gasteiger partial charge in [0.25, 0.3) is 0 Å². The molecule has 0 saturated heterocycles. The van der Waals surface area contributed by atoms with Crippen LogP contribution in [0.4, 0.5) is 4.39 Å². The zero-order valence-corrected chi connectivity index (χ0v) is 9.79. The Bertz CT molecular complexity index is 363. The Morgan fingerprint density at radius 3 is 2.88 bits per heavy atom. The maximum Gasteiger partial charge on any atom is 0.130 e. The lowest BCUT2D eigenvalue weighted by atomic mass is 9.99. The van der Waals surface area contributed by atoms with Crippen molar-refractivity contribution in [2.45, 2.75) is 31.7 Å².